The van der Waals surface area contributed by atoms with Crippen molar-refractivity contribution in [3.63, 3.8) is 0 Å². The molecule has 3 aromatic heterocycles. The molecule has 0 bridgehead atoms. The number of carbonyl (C=O) groups excluding carboxylic acids is 1. The Morgan fingerprint density at radius 3 is 2.91 bits per heavy atom. The number of nitrogens with one attached hydrogen (secondary N) is 1. The van der Waals surface area contributed by atoms with Crippen LogP contribution in [0.3, 0.4) is 0 Å². The molecular formula is C14H8ClN2O3S2-. The number of rotatable bonds is 3. The van der Waals surface area contributed by atoms with Gasteiger partial charge in [0.15, 0.2) is 5.82 Å². The number of aromatic carboxylic acids is 1. The van der Waals surface area contributed by atoms with Gasteiger partial charge in [0, 0.05) is 4.88 Å². The molecular weight excluding hydrogens is 344 g/mol. The predicted molar refractivity (Wildman–Crippen MR) is 87.4 cm³/mol. The number of carboxylic acids is 1. The van der Waals surface area contributed by atoms with Crippen LogP contribution in [0.4, 0.5) is 0 Å². The van der Waals surface area contributed by atoms with Crippen LogP contribution in [0.1, 0.15) is 25.9 Å². The minimum Gasteiger partial charge on any atom is -0.544 e. The van der Waals surface area contributed by atoms with Crippen LogP contribution < -0.4 is 10.7 Å². The van der Waals surface area contributed by atoms with E-state index in [9.17, 15) is 14.7 Å². The van der Waals surface area contributed by atoms with E-state index in [4.69, 9.17) is 11.6 Å². The maximum Gasteiger partial charge on any atom is 0.260 e. The zero-order valence-electron chi connectivity index (χ0n) is 11.2. The minimum atomic E-state index is -1.32. The summed E-state index contributed by atoms with van der Waals surface area (Å²) in [6.45, 7) is 1.56. The van der Waals surface area contributed by atoms with E-state index in [-0.39, 0.29) is 21.1 Å². The molecule has 0 fully saturated rings. The van der Waals surface area contributed by atoms with Crippen molar-refractivity contribution in [1.29, 1.82) is 0 Å². The fraction of sp³-hybridized carbons (Fsp3) is 0.0714. The molecule has 3 rings (SSSR count). The Labute approximate surface area is 137 Å². The summed E-state index contributed by atoms with van der Waals surface area (Å²) in [6.07, 6.45) is 1.69. The van der Waals surface area contributed by atoms with E-state index in [1.807, 2.05) is 17.5 Å². The molecule has 112 valence electrons. The molecule has 0 atom stereocenters. The van der Waals surface area contributed by atoms with Crippen LogP contribution in [0.25, 0.3) is 21.3 Å². The van der Waals surface area contributed by atoms with Gasteiger partial charge in [-0.1, -0.05) is 17.7 Å². The molecule has 3 heterocycles. The van der Waals surface area contributed by atoms with Crippen molar-refractivity contribution in [2.75, 3.05) is 0 Å². The second-order valence-corrected chi connectivity index (χ2v) is 6.83. The van der Waals surface area contributed by atoms with Crippen LogP contribution in [-0.2, 0) is 0 Å². The Bertz CT molecular complexity index is 955. The lowest BCUT2D eigenvalue weighted by molar-refractivity contribution is -0.254. The van der Waals surface area contributed by atoms with E-state index < -0.39 is 11.5 Å². The molecule has 0 radical (unpaired) electrons. The Morgan fingerprint density at radius 2 is 2.27 bits per heavy atom. The minimum absolute atomic E-state index is 0.00325. The van der Waals surface area contributed by atoms with Crippen LogP contribution in [-0.4, -0.2) is 15.9 Å². The molecule has 8 heteroatoms. The topological polar surface area (TPSA) is 85.9 Å². The highest BCUT2D eigenvalue weighted by Gasteiger charge is 2.15. The molecule has 0 aliphatic heterocycles. The first kappa shape index (κ1) is 15.0. The number of carbonyl (C=O) groups is 1. The van der Waals surface area contributed by atoms with Gasteiger partial charge < -0.3 is 14.9 Å². The molecule has 0 unspecified atom stereocenters. The Hall–Kier alpha value is -1.96. The fourth-order valence-electron chi connectivity index (χ4n) is 2.02. The number of hydrogen-bond acceptors (Lipinski definition) is 6. The third kappa shape index (κ3) is 2.58. The van der Waals surface area contributed by atoms with E-state index in [1.165, 1.54) is 11.3 Å². The number of halogens is 1. The van der Waals surface area contributed by atoms with E-state index in [1.54, 1.807) is 13.0 Å². The highest BCUT2D eigenvalue weighted by Crippen LogP contribution is 2.28. The van der Waals surface area contributed by atoms with Gasteiger partial charge in [0.2, 0.25) is 0 Å². The molecule has 0 spiro atoms. The van der Waals surface area contributed by atoms with Crippen molar-refractivity contribution in [2.24, 2.45) is 0 Å². The Balaban J connectivity index is 2.17. The third-order valence-corrected chi connectivity index (χ3v) is 5.30. The largest absolute Gasteiger partial charge is 0.544 e. The molecule has 3 aromatic rings. The summed E-state index contributed by atoms with van der Waals surface area (Å²) in [5.74, 6) is -1.11. The van der Waals surface area contributed by atoms with Crippen LogP contribution in [0.2, 0.25) is 0 Å². The second-order valence-electron chi connectivity index (χ2n) is 4.45. The first-order chi connectivity index (χ1) is 10.5. The average Bonchev–Trinajstić information content (AvgIpc) is 3.06. The van der Waals surface area contributed by atoms with Crippen molar-refractivity contribution in [3.05, 3.63) is 49.0 Å². The molecule has 22 heavy (non-hydrogen) atoms. The van der Waals surface area contributed by atoms with Crippen molar-refractivity contribution < 1.29 is 9.90 Å². The Morgan fingerprint density at radius 1 is 1.50 bits per heavy atom. The molecule has 0 aromatic carbocycles. The van der Waals surface area contributed by atoms with E-state index >= 15 is 0 Å². The summed E-state index contributed by atoms with van der Waals surface area (Å²) in [6, 6.07) is 3.77. The van der Waals surface area contributed by atoms with Gasteiger partial charge in [-0.15, -0.1) is 22.7 Å². The first-order valence-electron chi connectivity index (χ1n) is 6.13. The number of carboxylic acid groups (broad SMARTS) is 1. The monoisotopic (exact) mass is 351 g/mol. The summed E-state index contributed by atoms with van der Waals surface area (Å²) in [5.41, 5.74) is -0.0577. The fourth-order valence-corrected chi connectivity index (χ4v) is 3.96. The number of fused-ring (bicyclic) bond motifs is 1. The number of aryl methyl sites for hydroxylation is 1. The lowest BCUT2D eigenvalue weighted by atomic mass is 10.2. The predicted octanol–water partition coefficient (Wildman–Crippen LogP) is 2.45. The number of aromatic nitrogens is 2. The van der Waals surface area contributed by atoms with E-state index in [2.05, 4.69) is 9.97 Å². The van der Waals surface area contributed by atoms with Gasteiger partial charge >= 0.3 is 0 Å². The highest BCUT2D eigenvalue weighted by molar-refractivity contribution is 7.20. The van der Waals surface area contributed by atoms with Crippen LogP contribution in [0.15, 0.2) is 22.3 Å². The second kappa shape index (κ2) is 5.68. The van der Waals surface area contributed by atoms with Gasteiger partial charge in [0.25, 0.3) is 5.56 Å². The quantitative estimate of drug-likeness (QED) is 0.785. The summed E-state index contributed by atoms with van der Waals surface area (Å²) in [5, 5.41) is 13.5. The van der Waals surface area contributed by atoms with Gasteiger partial charge in [0.1, 0.15) is 4.83 Å². The maximum atomic E-state index is 12.2. The highest BCUT2D eigenvalue weighted by atomic mass is 35.5. The third-order valence-electron chi connectivity index (χ3n) is 3.02. The normalized spacial score (nSPS) is 12.0. The van der Waals surface area contributed by atoms with Crippen LogP contribution in [0, 0.1) is 6.92 Å². The molecule has 0 amide bonds. The van der Waals surface area contributed by atoms with Crippen molar-refractivity contribution in [1.82, 2.24) is 9.97 Å². The number of aromatic amines is 1. The van der Waals surface area contributed by atoms with Gasteiger partial charge in [0.05, 0.1) is 21.3 Å². The number of hydrogen-bond donors (Lipinski definition) is 1. The number of thiophene rings is 2. The van der Waals surface area contributed by atoms with Gasteiger partial charge in [-0.2, -0.15) is 0 Å². The number of H-pyrrole nitrogens is 1. The zero-order valence-corrected chi connectivity index (χ0v) is 13.6. The molecule has 1 N–H and O–H groups in total. The van der Waals surface area contributed by atoms with E-state index in [0.29, 0.717) is 10.4 Å². The summed E-state index contributed by atoms with van der Waals surface area (Å²) < 4.78 is 0. The number of nitrogens with zero attached hydrogens (tertiary/aromatic N) is 1. The molecule has 0 aliphatic carbocycles. The summed E-state index contributed by atoms with van der Waals surface area (Å²) in [4.78, 5) is 31.3. The maximum absolute atomic E-state index is 12.2. The van der Waals surface area contributed by atoms with Gasteiger partial charge in [-0.3, -0.25) is 4.79 Å². The summed E-state index contributed by atoms with van der Waals surface area (Å²) in [7, 11) is 0. The summed E-state index contributed by atoms with van der Waals surface area (Å²) >= 11 is 8.60. The van der Waals surface area contributed by atoms with Crippen molar-refractivity contribution >= 4 is 61.6 Å². The smallest absolute Gasteiger partial charge is 0.260 e. The lowest BCUT2D eigenvalue weighted by Gasteiger charge is -1.99. The van der Waals surface area contributed by atoms with Crippen molar-refractivity contribution in [3.8, 4) is 0 Å². The average molecular weight is 352 g/mol. The molecule has 5 nitrogen and oxygen atoms in total. The molecule has 0 saturated heterocycles. The first-order valence-corrected chi connectivity index (χ1v) is 8.20. The van der Waals surface area contributed by atoms with E-state index in [0.717, 1.165) is 16.2 Å². The molecule has 0 aliphatic rings. The standard InChI is InChI=1S/C14H9ClN2O3S2/c1-6-9-12(18)16-11(8(15)5-7-3-2-4-21-7)17-13(9)22-10(6)14(19)20/h2-5H,1H3,(H,19,20)(H,16,17,18)/p-1/b8-5-. The Kier molecular flexibility index (Phi) is 3.86. The van der Waals surface area contributed by atoms with Crippen molar-refractivity contribution in [2.45, 2.75) is 6.92 Å². The van der Waals surface area contributed by atoms with Crippen LogP contribution >= 0.6 is 34.3 Å². The SMILES string of the molecule is Cc1c(C(=O)[O-])sc2nc(/C(Cl)=C/c3cccs3)[nH]c(=O)c12. The van der Waals surface area contributed by atoms with Crippen LogP contribution in [0.5, 0.6) is 0 Å². The zero-order chi connectivity index (χ0) is 15.9. The van der Waals surface area contributed by atoms with Gasteiger partial charge in [-0.25, -0.2) is 4.98 Å². The lowest BCUT2D eigenvalue weighted by Crippen LogP contribution is -2.21. The van der Waals surface area contributed by atoms with Gasteiger partial charge in [-0.05, 0) is 30.0 Å². The molecule has 0 saturated carbocycles.